The maximum absolute atomic E-state index is 13.6. The van der Waals surface area contributed by atoms with Crippen molar-refractivity contribution in [2.45, 2.75) is 64.6 Å². The van der Waals surface area contributed by atoms with E-state index in [1.54, 1.807) is 74.7 Å². The third kappa shape index (κ3) is 6.32. The molecule has 6 nitrogen and oxygen atoms in total. The zero-order valence-corrected chi connectivity index (χ0v) is 20.1. The van der Waals surface area contributed by atoms with Crippen molar-refractivity contribution in [1.29, 1.82) is 0 Å². The molecule has 1 N–H and O–H groups in total. The molecule has 1 aromatic heterocycles. The number of carbonyl (C=O) groups excluding carboxylic acids is 1. The molecule has 4 rings (SSSR count). The molecule has 184 valence electrons. The van der Waals surface area contributed by atoms with E-state index in [1.807, 2.05) is 6.07 Å². The molecule has 0 radical (unpaired) electrons. The third-order valence-electron chi connectivity index (χ3n) is 6.35. The van der Waals surface area contributed by atoms with Crippen molar-refractivity contribution >= 4 is 11.9 Å². The van der Waals surface area contributed by atoms with E-state index in [2.05, 4.69) is 0 Å². The molecule has 0 unspecified atom stereocenters. The number of hydrogen-bond acceptors (Lipinski definition) is 4. The molecule has 6 heteroatoms. The number of carbonyl (C=O) groups is 2. The number of nitrogens with zero attached hydrogens (tertiary/aromatic N) is 1. The van der Waals surface area contributed by atoms with Crippen LogP contribution in [0.3, 0.4) is 0 Å². The van der Waals surface area contributed by atoms with Gasteiger partial charge in [0.25, 0.3) is 5.91 Å². The first-order chi connectivity index (χ1) is 17.7. The van der Waals surface area contributed by atoms with E-state index in [4.69, 9.17) is 17.0 Å². The Morgan fingerprint density at radius 1 is 1.06 bits per heavy atom. The van der Waals surface area contributed by atoms with Gasteiger partial charge in [0.1, 0.15) is 11.5 Å². The quantitative estimate of drug-likeness (QED) is 0.385. The lowest BCUT2D eigenvalue weighted by atomic mass is 9.85. The molecule has 1 saturated carbocycles. The van der Waals surface area contributed by atoms with Crippen LogP contribution in [-0.4, -0.2) is 34.0 Å². The van der Waals surface area contributed by atoms with Gasteiger partial charge in [-0.05, 0) is 75.8 Å². The van der Waals surface area contributed by atoms with Crippen LogP contribution in [0.5, 0.6) is 5.75 Å². The number of aliphatic carboxylic acids is 1. The molecule has 1 aliphatic rings. The van der Waals surface area contributed by atoms with Crippen LogP contribution in [0.15, 0.2) is 71.3 Å². The summed E-state index contributed by atoms with van der Waals surface area (Å²) in [5.41, 5.74) is 1.50. The van der Waals surface area contributed by atoms with Gasteiger partial charge in [0, 0.05) is 35.6 Å². The number of hydrogen-bond donors (Lipinski definition) is 1. The number of rotatable bonds is 9. The van der Waals surface area contributed by atoms with Crippen LogP contribution in [-0.2, 0) is 11.3 Å². The largest absolute Gasteiger partial charge is 0.490 e. The fourth-order valence-electron chi connectivity index (χ4n) is 4.45. The molecule has 0 bridgehead atoms. The topological polar surface area (TPSA) is 80.0 Å². The monoisotopic (exact) mass is 477 g/mol. The highest BCUT2D eigenvalue weighted by Crippen LogP contribution is 2.31. The Bertz CT molecular complexity index is 1200. The number of ether oxygens (including phenoxy) is 1. The highest BCUT2D eigenvalue weighted by molar-refractivity contribution is 5.94. The van der Waals surface area contributed by atoms with Crippen LogP contribution >= 0.6 is 0 Å². The van der Waals surface area contributed by atoms with Crippen LogP contribution < -0.4 is 4.74 Å². The fraction of sp³-hybridized carbons (Fsp3) is 0.379. The average Bonchev–Trinajstić information content (AvgIpc) is 3.40. The van der Waals surface area contributed by atoms with E-state index in [9.17, 15) is 9.59 Å². The Balaban J connectivity index is 1.54. The van der Waals surface area contributed by atoms with E-state index >= 15 is 0 Å². The normalized spacial score (nSPS) is 19.1. The van der Waals surface area contributed by atoms with Gasteiger partial charge in [0.15, 0.2) is 0 Å². The van der Waals surface area contributed by atoms with E-state index in [1.165, 1.54) is 4.90 Å². The van der Waals surface area contributed by atoms with Crippen LogP contribution in [0.1, 0.15) is 64.6 Å². The summed E-state index contributed by atoms with van der Waals surface area (Å²) in [6, 6.07) is 17.1. The van der Waals surface area contributed by atoms with E-state index in [0.717, 1.165) is 18.4 Å². The smallest absolute Gasteiger partial charge is 0.303 e. The minimum Gasteiger partial charge on any atom is -0.490 e. The molecule has 0 spiro atoms. The van der Waals surface area contributed by atoms with Gasteiger partial charge < -0.3 is 19.2 Å². The minimum absolute atomic E-state index is 0.126. The van der Waals surface area contributed by atoms with Crippen LogP contribution in [0.4, 0.5) is 0 Å². The number of para-hydroxylation sites is 1. The lowest BCUT2D eigenvalue weighted by Crippen LogP contribution is -2.36. The Hall–Kier alpha value is -3.54. The predicted molar refractivity (Wildman–Crippen MR) is 134 cm³/mol. The molecule has 3 aromatic rings. The second-order valence-electron chi connectivity index (χ2n) is 9.29. The first kappa shape index (κ1) is 22.0. The molecular formula is C29H33NO5. The summed E-state index contributed by atoms with van der Waals surface area (Å²) >= 11 is 0. The SMILES string of the molecule is [2H]C([2H])(c1ccccc1OC1CCC(CC(=O)O)CC1)N(C(=O)c1ccc(-c2ccco2)cc1)C(C)C. The van der Waals surface area contributed by atoms with Crippen LogP contribution in [0.25, 0.3) is 11.3 Å². The molecule has 1 fully saturated rings. The number of furan rings is 1. The third-order valence-corrected chi connectivity index (χ3v) is 6.35. The van der Waals surface area contributed by atoms with Crippen molar-refractivity contribution in [2.24, 2.45) is 5.92 Å². The first-order valence-corrected chi connectivity index (χ1v) is 12.1. The van der Waals surface area contributed by atoms with Gasteiger partial charge in [-0.1, -0.05) is 30.3 Å². The van der Waals surface area contributed by atoms with Crippen LogP contribution in [0, 0.1) is 5.92 Å². The highest BCUT2D eigenvalue weighted by Gasteiger charge is 2.26. The van der Waals surface area contributed by atoms with E-state index in [-0.39, 0.29) is 24.0 Å². The summed E-state index contributed by atoms with van der Waals surface area (Å²) in [7, 11) is 0. The summed E-state index contributed by atoms with van der Waals surface area (Å²) < 4.78 is 29.8. The maximum Gasteiger partial charge on any atom is 0.303 e. The van der Waals surface area contributed by atoms with Gasteiger partial charge in [-0.3, -0.25) is 9.59 Å². The van der Waals surface area contributed by atoms with Crippen molar-refractivity contribution in [3.63, 3.8) is 0 Å². The molecule has 2 aromatic carbocycles. The number of carboxylic acid groups (broad SMARTS) is 1. The van der Waals surface area contributed by atoms with Gasteiger partial charge in [-0.2, -0.15) is 0 Å². The van der Waals surface area contributed by atoms with Crippen molar-refractivity contribution in [3.05, 3.63) is 78.1 Å². The van der Waals surface area contributed by atoms with Gasteiger partial charge >= 0.3 is 5.97 Å². The summed E-state index contributed by atoms with van der Waals surface area (Å²) in [5.74, 6) is 0.0399. The zero-order valence-electron chi connectivity index (χ0n) is 22.1. The molecule has 1 heterocycles. The summed E-state index contributed by atoms with van der Waals surface area (Å²) in [4.78, 5) is 25.9. The van der Waals surface area contributed by atoms with Crippen molar-refractivity contribution in [3.8, 4) is 17.1 Å². The molecule has 1 aliphatic carbocycles. The van der Waals surface area contributed by atoms with Crippen molar-refractivity contribution in [2.75, 3.05) is 0 Å². The lowest BCUT2D eigenvalue weighted by molar-refractivity contribution is -0.138. The Kier molecular flexibility index (Phi) is 7.06. The number of amides is 1. The number of benzene rings is 2. The van der Waals surface area contributed by atoms with Gasteiger partial charge in [-0.25, -0.2) is 0 Å². The van der Waals surface area contributed by atoms with Gasteiger partial charge in [0.2, 0.25) is 0 Å². The Morgan fingerprint density at radius 2 is 1.77 bits per heavy atom. The first-order valence-electron chi connectivity index (χ1n) is 13.1. The van der Waals surface area contributed by atoms with Crippen LogP contribution in [0.2, 0.25) is 0 Å². The number of carboxylic acids is 1. The van der Waals surface area contributed by atoms with Crippen molar-refractivity contribution < 1.29 is 26.6 Å². The molecular weight excluding hydrogens is 442 g/mol. The molecule has 35 heavy (non-hydrogen) atoms. The second kappa shape index (κ2) is 11.3. The second-order valence-corrected chi connectivity index (χ2v) is 9.29. The van der Waals surface area contributed by atoms with Gasteiger partial charge in [0.05, 0.1) is 15.1 Å². The molecule has 0 saturated heterocycles. The molecule has 0 aliphatic heterocycles. The lowest BCUT2D eigenvalue weighted by Gasteiger charge is -2.31. The van der Waals surface area contributed by atoms with Crippen molar-refractivity contribution in [1.82, 2.24) is 4.90 Å². The summed E-state index contributed by atoms with van der Waals surface area (Å²) in [6.45, 7) is 1.45. The molecule has 1 amide bonds. The standard InChI is InChI=1S/C29H33NO5/c1-20(2)30(29(33)23-13-11-22(12-14-23)26-8-5-17-34-26)19-24-6-3-4-7-27(24)35-25-15-9-21(10-16-25)18-28(31)32/h3-8,11-14,17,20-21,25H,9-10,15-16,18-19H2,1-2H3,(H,31,32)/i19D2. The van der Waals surface area contributed by atoms with Gasteiger partial charge in [-0.15, -0.1) is 0 Å². The molecule has 0 atom stereocenters. The highest BCUT2D eigenvalue weighted by atomic mass is 16.5. The predicted octanol–water partition coefficient (Wildman–Crippen LogP) is 6.41. The minimum atomic E-state index is -2.14. The average molecular weight is 478 g/mol. The Morgan fingerprint density at radius 3 is 2.40 bits per heavy atom. The maximum atomic E-state index is 13.6. The summed E-state index contributed by atoms with van der Waals surface area (Å²) in [5, 5.41) is 9.06. The fourth-order valence-corrected chi connectivity index (χ4v) is 4.45. The Labute approximate surface area is 209 Å². The zero-order chi connectivity index (χ0) is 26.6. The van der Waals surface area contributed by atoms with E-state index < -0.39 is 24.4 Å². The van der Waals surface area contributed by atoms with E-state index in [0.29, 0.717) is 29.9 Å². The summed E-state index contributed by atoms with van der Waals surface area (Å²) in [6.07, 6.45) is 4.57.